The van der Waals surface area contributed by atoms with E-state index in [2.05, 4.69) is 35.1 Å². The van der Waals surface area contributed by atoms with Crippen LogP contribution in [-0.2, 0) is 16.4 Å². The first-order chi connectivity index (χ1) is 10.5. The van der Waals surface area contributed by atoms with Crippen molar-refractivity contribution in [3.05, 3.63) is 41.6 Å². The second-order valence-corrected chi connectivity index (χ2v) is 7.07. The lowest BCUT2D eigenvalue weighted by molar-refractivity contribution is 0.286. The molecule has 0 radical (unpaired) electrons. The van der Waals surface area contributed by atoms with Crippen LogP contribution in [0.15, 0.2) is 35.6 Å². The largest absolute Gasteiger partial charge is 0.472 e. The smallest absolute Gasteiger partial charge is 0.250 e. The maximum Gasteiger partial charge on any atom is 0.250 e. The van der Waals surface area contributed by atoms with Crippen molar-refractivity contribution in [2.24, 2.45) is 0 Å². The van der Waals surface area contributed by atoms with Crippen LogP contribution in [0.25, 0.3) is 17.2 Å². The number of aromatic nitrogens is 2. The Morgan fingerprint density at radius 1 is 1.32 bits per heavy atom. The van der Waals surface area contributed by atoms with Crippen molar-refractivity contribution in [3.8, 4) is 17.0 Å². The van der Waals surface area contributed by atoms with Crippen molar-refractivity contribution < 1.29 is 13.2 Å². The number of nitrogens with zero attached hydrogens (tertiary/aromatic N) is 2. The van der Waals surface area contributed by atoms with E-state index in [0.29, 0.717) is 12.5 Å². The lowest BCUT2D eigenvalue weighted by Gasteiger charge is -2.20. The highest BCUT2D eigenvalue weighted by Crippen LogP contribution is 2.36. The Labute approximate surface area is 129 Å². The summed E-state index contributed by atoms with van der Waals surface area (Å²) in [5.74, 6) is 0.319. The minimum atomic E-state index is -3.44. The minimum absolute atomic E-state index is 0.211. The van der Waals surface area contributed by atoms with Crippen molar-refractivity contribution in [1.82, 2.24) is 9.97 Å². The monoisotopic (exact) mass is 316 g/mol. The number of benzene rings is 1. The molecular formula is C16H16N2O3S. The second-order valence-electron chi connectivity index (χ2n) is 5.16. The maximum atomic E-state index is 11.5. The van der Waals surface area contributed by atoms with Crippen LogP contribution in [0.5, 0.6) is 5.88 Å². The molecule has 2 aromatic rings. The molecule has 0 unspecified atom stereocenters. The number of hydrogen-bond donors (Lipinski definition) is 0. The Hall–Kier alpha value is -2.21. The lowest BCUT2D eigenvalue weighted by atomic mass is 9.97. The van der Waals surface area contributed by atoms with Gasteiger partial charge in [0.25, 0.3) is 0 Å². The van der Waals surface area contributed by atoms with Crippen LogP contribution in [-0.4, -0.2) is 24.6 Å². The average molecular weight is 316 g/mol. The van der Waals surface area contributed by atoms with E-state index < -0.39 is 9.84 Å². The van der Waals surface area contributed by atoms with Gasteiger partial charge in [-0.1, -0.05) is 31.2 Å². The van der Waals surface area contributed by atoms with Gasteiger partial charge in [-0.25, -0.2) is 13.4 Å². The van der Waals surface area contributed by atoms with Crippen LogP contribution in [0.1, 0.15) is 24.5 Å². The molecule has 1 aliphatic heterocycles. The summed E-state index contributed by atoms with van der Waals surface area (Å²) >= 11 is 0. The Balaban J connectivity index is 2.05. The van der Waals surface area contributed by atoms with Gasteiger partial charge in [-0.15, -0.1) is 0 Å². The molecule has 0 aliphatic carbocycles. The molecule has 0 N–H and O–H groups in total. The van der Waals surface area contributed by atoms with Crippen molar-refractivity contribution in [3.63, 3.8) is 0 Å². The van der Waals surface area contributed by atoms with Gasteiger partial charge in [-0.2, -0.15) is 4.98 Å². The first kappa shape index (κ1) is 14.7. The summed E-state index contributed by atoms with van der Waals surface area (Å²) in [6.07, 6.45) is 7.74. The van der Waals surface area contributed by atoms with Gasteiger partial charge in [-0.3, -0.25) is 0 Å². The third kappa shape index (κ3) is 2.74. The molecule has 114 valence electrons. The highest BCUT2D eigenvalue weighted by Gasteiger charge is 2.22. The fraction of sp³-hybridized carbons (Fsp3) is 0.250. The van der Waals surface area contributed by atoms with Crippen LogP contribution >= 0.6 is 0 Å². The Morgan fingerprint density at radius 3 is 2.86 bits per heavy atom. The Morgan fingerprint density at radius 2 is 2.14 bits per heavy atom. The topological polar surface area (TPSA) is 69.2 Å². The predicted octanol–water partition coefficient (Wildman–Crippen LogP) is 2.86. The number of ether oxygens (including phenoxy) is 1. The van der Waals surface area contributed by atoms with E-state index in [0.717, 1.165) is 34.9 Å². The zero-order chi connectivity index (χ0) is 15.7. The quantitative estimate of drug-likeness (QED) is 0.814. The summed E-state index contributed by atoms with van der Waals surface area (Å²) < 4.78 is 28.6. The molecule has 2 heterocycles. The molecule has 22 heavy (non-hydrogen) atoms. The van der Waals surface area contributed by atoms with Crippen molar-refractivity contribution in [2.45, 2.75) is 25.1 Å². The zero-order valence-corrected chi connectivity index (χ0v) is 13.2. The van der Waals surface area contributed by atoms with Crippen molar-refractivity contribution in [2.75, 3.05) is 6.26 Å². The first-order valence-corrected chi connectivity index (χ1v) is 8.88. The molecule has 0 bridgehead atoms. The number of rotatable bonds is 3. The third-order valence-corrected chi connectivity index (χ3v) is 4.25. The maximum absolute atomic E-state index is 11.5. The molecule has 0 amide bonds. The van der Waals surface area contributed by atoms with Crippen LogP contribution in [0.3, 0.4) is 0 Å². The molecule has 1 aromatic heterocycles. The number of fused-ring (bicyclic) bond motifs is 3. The fourth-order valence-corrected chi connectivity index (χ4v) is 2.82. The van der Waals surface area contributed by atoms with Gasteiger partial charge in [0.2, 0.25) is 20.9 Å². The molecule has 0 atom stereocenters. The van der Waals surface area contributed by atoms with E-state index in [1.165, 1.54) is 6.20 Å². The van der Waals surface area contributed by atoms with E-state index in [1.54, 1.807) is 0 Å². The van der Waals surface area contributed by atoms with Gasteiger partial charge in [0.15, 0.2) is 0 Å². The Kier molecular flexibility index (Phi) is 3.70. The molecule has 1 aliphatic rings. The summed E-state index contributed by atoms with van der Waals surface area (Å²) in [4.78, 5) is 7.96. The van der Waals surface area contributed by atoms with Gasteiger partial charge in [0, 0.05) is 12.5 Å². The van der Waals surface area contributed by atoms with Crippen LogP contribution in [0.4, 0.5) is 0 Å². The summed E-state index contributed by atoms with van der Waals surface area (Å²) in [5, 5.41) is -0.211. The minimum Gasteiger partial charge on any atom is -0.472 e. The summed E-state index contributed by atoms with van der Waals surface area (Å²) in [6, 6.07) is 6.08. The van der Waals surface area contributed by atoms with Gasteiger partial charge in [-0.05, 0) is 29.2 Å². The van der Waals surface area contributed by atoms with Crippen LogP contribution in [0.2, 0.25) is 0 Å². The van der Waals surface area contributed by atoms with Gasteiger partial charge >= 0.3 is 0 Å². The normalized spacial score (nSPS) is 13.5. The fourth-order valence-electron chi connectivity index (χ4n) is 2.32. The summed E-state index contributed by atoms with van der Waals surface area (Å²) in [5.41, 5.74) is 3.86. The van der Waals surface area contributed by atoms with E-state index in [1.807, 2.05) is 12.1 Å². The van der Waals surface area contributed by atoms with Crippen LogP contribution < -0.4 is 4.74 Å². The molecule has 3 rings (SSSR count). The van der Waals surface area contributed by atoms with Crippen molar-refractivity contribution >= 4 is 15.9 Å². The van der Waals surface area contributed by atoms with Crippen molar-refractivity contribution in [1.29, 1.82) is 0 Å². The zero-order valence-electron chi connectivity index (χ0n) is 12.4. The molecule has 1 aromatic carbocycles. The molecule has 0 saturated carbocycles. The average Bonchev–Trinajstić information content (AvgIpc) is 2.51. The summed E-state index contributed by atoms with van der Waals surface area (Å²) in [6.45, 7) is 2.46. The van der Waals surface area contributed by atoms with E-state index in [4.69, 9.17) is 4.74 Å². The first-order valence-electron chi connectivity index (χ1n) is 6.99. The highest BCUT2D eigenvalue weighted by molar-refractivity contribution is 7.90. The molecule has 0 fully saturated rings. The second kappa shape index (κ2) is 5.53. The molecule has 0 saturated heterocycles. The van der Waals surface area contributed by atoms with Gasteiger partial charge in [0.1, 0.15) is 6.61 Å². The van der Waals surface area contributed by atoms with Gasteiger partial charge < -0.3 is 4.74 Å². The molecule has 5 nitrogen and oxygen atoms in total. The number of sulfone groups is 1. The highest BCUT2D eigenvalue weighted by atomic mass is 32.2. The summed E-state index contributed by atoms with van der Waals surface area (Å²) in [7, 11) is -3.44. The predicted molar refractivity (Wildman–Crippen MR) is 84.2 cm³/mol. The third-order valence-electron chi connectivity index (χ3n) is 3.39. The SMILES string of the molecule is CC/C=C/c1ccc2c(c1)COc1nc(S(C)(=O)=O)ncc1-2. The molecular weight excluding hydrogens is 300 g/mol. The van der Waals surface area contributed by atoms with Crippen LogP contribution in [0, 0.1) is 0 Å². The molecule has 0 spiro atoms. The molecule has 6 heteroatoms. The van der Waals surface area contributed by atoms with E-state index in [-0.39, 0.29) is 5.16 Å². The standard InChI is InChI=1S/C16H16N2O3S/c1-3-4-5-11-6-7-13-12(8-11)10-21-15-14(13)9-17-16(18-15)22(2,19)20/h4-9H,3,10H2,1-2H3/b5-4+. The van der Waals surface area contributed by atoms with E-state index >= 15 is 0 Å². The number of hydrogen-bond acceptors (Lipinski definition) is 5. The lowest BCUT2D eigenvalue weighted by Crippen LogP contribution is -2.11. The number of allylic oxidation sites excluding steroid dienone is 1. The Bertz CT molecular complexity index is 858. The van der Waals surface area contributed by atoms with E-state index in [9.17, 15) is 8.42 Å². The van der Waals surface area contributed by atoms with Gasteiger partial charge in [0.05, 0.1) is 5.56 Å².